The number of nitro benzene ring substituents is 1. The van der Waals surface area contributed by atoms with E-state index in [4.69, 9.17) is 4.74 Å². The topological polar surface area (TPSA) is 113 Å². The third-order valence-electron chi connectivity index (χ3n) is 3.82. The fourth-order valence-corrected chi connectivity index (χ4v) is 2.44. The quantitative estimate of drug-likeness (QED) is 0.189. The van der Waals surface area contributed by atoms with Crippen molar-refractivity contribution in [2.75, 3.05) is 6.61 Å². The van der Waals surface area contributed by atoms with Gasteiger partial charge in [-0.3, -0.25) is 10.1 Å². The number of rotatable bonds is 8. The number of ether oxygens (including phenoxy) is 1. The molecule has 0 amide bonds. The van der Waals surface area contributed by atoms with Crippen LogP contribution in [-0.2, 0) is 16.1 Å². The maximum absolute atomic E-state index is 13.1. The van der Waals surface area contributed by atoms with Crippen LogP contribution in [0.2, 0.25) is 0 Å². The minimum Gasteiger partial charge on any atom is -0.462 e. The van der Waals surface area contributed by atoms with E-state index in [0.29, 0.717) is 18.8 Å². The third kappa shape index (κ3) is 5.51. The van der Waals surface area contributed by atoms with Crippen LogP contribution >= 0.6 is 0 Å². The van der Waals surface area contributed by atoms with Crippen LogP contribution in [0.15, 0.2) is 54.6 Å². The third-order valence-corrected chi connectivity index (χ3v) is 3.82. The first-order valence-electron chi connectivity index (χ1n) is 8.65. The van der Waals surface area contributed by atoms with Gasteiger partial charge in [-0.2, -0.15) is 4.80 Å². The molecule has 10 heteroatoms. The van der Waals surface area contributed by atoms with Crippen LogP contribution in [0.25, 0.3) is 17.5 Å². The molecule has 2 aromatic carbocycles. The van der Waals surface area contributed by atoms with Crippen LogP contribution in [-0.4, -0.2) is 37.7 Å². The number of aryl methyl sites for hydroxylation is 1. The molecule has 0 aliphatic heterocycles. The van der Waals surface area contributed by atoms with Gasteiger partial charge in [0.2, 0.25) is 5.82 Å². The second kappa shape index (κ2) is 9.31. The van der Waals surface area contributed by atoms with Crippen molar-refractivity contribution in [3.8, 4) is 11.4 Å². The average Bonchev–Trinajstić information content (AvgIpc) is 3.20. The summed E-state index contributed by atoms with van der Waals surface area (Å²) in [6.07, 6.45) is 2.73. The maximum atomic E-state index is 13.1. The predicted octanol–water partition coefficient (Wildman–Crippen LogP) is 3.03. The lowest BCUT2D eigenvalue weighted by atomic mass is 10.1. The molecular formula is C19H16FN5O4. The molecule has 0 aliphatic rings. The number of aromatic nitrogens is 4. The van der Waals surface area contributed by atoms with Crippen LogP contribution in [0.1, 0.15) is 12.0 Å². The van der Waals surface area contributed by atoms with Crippen LogP contribution < -0.4 is 0 Å². The molecule has 3 rings (SSSR count). The van der Waals surface area contributed by atoms with Crippen molar-refractivity contribution in [3.05, 3.63) is 76.1 Å². The van der Waals surface area contributed by atoms with E-state index in [1.54, 1.807) is 0 Å². The van der Waals surface area contributed by atoms with Gasteiger partial charge < -0.3 is 4.74 Å². The fourth-order valence-electron chi connectivity index (χ4n) is 2.44. The Balaban J connectivity index is 1.47. The Morgan fingerprint density at radius 1 is 1.24 bits per heavy atom. The summed E-state index contributed by atoms with van der Waals surface area (Å²) in [6, 6.07) is 12.5. The molecule has 1 aromatic heterocycles. The highest BCUT2D eigenvalue weighted by atomic mass is 19.1. The summed E-state index contributed by atoms with van der Waals surface area (Å²) in [4.78, 5) is 23.4. The monoisotopic (exact) mass is 397 g/mol. The molecule has 0 atom stereocenters. The summed E-state index contributed by atoms with van der Waals surface area (Å²) in [7, 11) is 0. The van der Waals surface area contributed by atoms with Gasteiger partial charge >= 0.3 is 5.97 Å². The van der Waals surface area contributed by atoms with E-state index in [1.807, 2.05) is 30.3 Å². The molecule has 3 aromatic rings. The van der Waals surface area contributed by atoms with E-state index in [2.05, 4.69) is 15.4 Å². The Labute approximate surface area is 164 Å². The minimum atomic E-state index is -0.728. The van der Waals surface area contributed by atoms with Gasteiger partial charge in [-0.05, 0) is 23.4 Å². The normalized spacial score (nSPS) is 10.9. The van der Waals surface area contributed by atoms with Crippen molar-refractivity contribution >= 4 is 17.7 Å². The number of nitrogens with zero attached hydrogens (tertiary/aromatic N) is 5. The summed E-state index contributed by atoms with van der Waals surface area (Å²) < 4.78 is 18.2. The van der Waals surface area contributed by atoms with Crippen LogP contribution in [0.5, 0.6) is 0 Å². The van der Waals surface area contributed by atoms with Gasteiger partial charge in [0.05, 0.1) is 29.7 Å². The smallest absolute Gasteiger partial charge is 0.330 e. The Morgan fingerprint density at radius 2 is 2.03 bits per heavy atom. The zero-order chi connectivity index (χ0) is 20.6. The van der Waals surface area contributed by atoms with Crippen molar-refractivity contribution in [1.82, 2.24) is 20.2 Å². The standard InChI is InChI=1S/C19H16FN5O4/c20-16-9-7-14(17(13-16)25(27)28)8-10-18(26)29-12-4-11-24-22-19(21-23-24)15-5-2-1-3-6-15/h1-3,5-10,13H,4,11-12H2/b10-8+. The van der Waals surface area contributed by atoms with Gasteiger partial charge in [0.15, 0.2) is 0 Å². The highest BCUT2D eigenvalue weighted by molar-refractivity contribution is 5.87. The molecule has 0 aliphatic carbocycles. The Kier molecular flexibility index (Phi) is 6.36. The maximum Gasteiger partial charge on any atom is 0.330 e. The molecule has 0 radical (unpaired) electrons. The number of nitro groups is 1. The Morgan fingerprint density at radius 3 is 2.79 bits per heavy atom. The number of tetrazole rings is 1. The Bertz CT molecular complexity index is 1040. The first-order valence-corrected chi connectivity index (χ1v) is 8.65. The zero-order valence-corrected chi connectivity index (χ0v) is 15.1. The number of hydrogen-bond donors (Lipinski definition) is 0. The van der Waals surface area contributed by atoms with Gasteiger partial charge in [0.25, 0.3) is 5.69 Å². The first kappa shape index (κ1) is 19.8. The highest BCUT2D eigenvalue weighted by Gasteiger charge is 2.13. The molecule has 0 bridgehead atoms. The molecule has 0 saturated heterocycles. The van der Waals surface area contributed by atoms with E-state index in [1.165, 1.54) is 16.9 Å². The Hall–Kier alpha value is -3.95. The molecule has 0 saturated carbocycles. The van der Waals surface area contributed by atoms with Gasteiger partial charge in [-0.25, -0.2) is 9.18 Å². The number of benzene rings is 2. The largest absolute Gasteiger partial charge is 0.462 e. The van der Waals surface area contributed by atoms with Gasteiger partial charge in [0.1, 0.15) is 5.82 Å². The molecule has 0 N–H and O–H groups in total. The molecule has 1 heterocycles. The van der Waals surface area contributed by atoms with Crippen molar-refractivity contribution in [2.24, 2.45) is 0 Å². The molecule has 148 valence electrons. The van der Waals surface area contributed by atoms with Crippen LogP contribution in [0.4, 0.5) is 10.1 Å². The van der Waals surface area contributed by atoms with Crippen molar-refractivity contribution in [3.63, 3.8) is 0 Å². The van der Waals surface area contributed by atoms with E-state index in [0.717, 1.165) is 23.8 Å². The molecule has 0 spiro atoms. The number of hydrogen-bond acceptors (Lipinski definition) is 7. The first-order chi connectivity index (χ1) is 14.0. The average molecular weight is 397 g/mol. The highest BCUT2D eigenvalue weighted by Crippen LogP contribution is 2.21. The summed E-state index contributed by atoms with van der Waals surface area (Å²) in [5, 5.41) is 23.1. The summed E-state index contributed by atoms with van der Waals surface area (Å²) in [5.74, 6) is -0.889. The van der Waals surface area contributed by atoms with Crippen molar-refractivity contribution in [2.45, 2.75) is 13.0 Å². The number of carbonyl (C=O) groups excluding carboxylic acids is 1. The lowest BCUT2D eigenvalue weighted by Crippen LogP contribution is -2.08. The number of carbonyl (C=O) groups is 1. The van der Waals surface area contributed by atoms with Gasteiger partial charge in [-0.1, -0.05) is 30.3 Å². The van der Waals surface area contributed by atoms with E-state index >= 15 is 0 Å². The summed E-state index contributed by atoms with van der Waals surface area (Å²) in [5.41, 5.74) is 0.527. The van der Waals surface area contributed by atoms with Crippen molar-refractivity contribution in [1.29, 1.82) is 0 Å². The SMILES string of the molecule is O=C(/C=C/c1ccc(F)cc1[N+](=O)[O-])OCCCn1nnc(-c2ccccc2)n1. The lowest BCUT2D eigenvalue weighted by molar-refractivity contribution is -0.385. The molecule has 0 fully saturated rings. The number of esters is 1. The van der Waals surface area contributed by atoms with E-state index in [9.17, 15) is 19.3 Å². The van der Waals surface area contributed by atoms with Gasteiger partial charge in [0, 0.05) is 18.1 Å². The molecular weight excluding hydrogens is 381 g/mol. The molecule has 9 nitrogen and oxygen atoms in total. The van der Waals surface area contributed by atoms with E-state index in [-0.39, 0.29) is 12.2 Å². The fraction of sp³-hybridized carbons (Fsp3) is 0.158. The van der Waals surface area contributed by atoms with Crippen molar-refractivity contribution < 1.29 is 18.8 Å². The minimum absolute atomic E-state index is 0.105. The predicted molar refractivity (Wildman–Crippen MR) is 101 cm³/mol. The summed E-state index contributed by atoms with van der Waals surface area (Å²) in [6.45, 7) is 0.511. The van der Waals surface area contributed by atoms with Gasteiger partial charge in [-0.15, -0.1) is 10.2 Å². The van der Waals surface area contributed by atoms with Crippen LogP contribution in [0, 0.1) is 15.9 Å². The second-order valence-corrected chi connectivity index (χ2v) is 5.89. The lowest BCUT2D eigenvalue weighted by Gasteiger charge is -2.01. The van der Waals surface area contributed by atoms with E-state index < -0.39 is 22.4 Å². The molecule has 29 heavy (non-hydrogen) atoms. The second-order valence-electron chi connectivity index (χ2n) is 5.89. The molecule has 0 unspecified atom stereocenters. The zero-order valence-electron chi connectivity index (χ0n) is 15.1. The van der Waals surface area contributed by atoms with Crippen LogP contribution in [0.3, 0.4) is 0 Å². The summed E-state index contributed by atoms with van der Waals surface area (Å²) >= 11 is 0. The number of halogens is 1.